The number of anilines is 2. The quantitative estimate of drug-likeness (QED) is 0.577. The maximum absolute atomic E-state index is 12.9. The second-order valence-corrected chi connectivity index (χ2v) is 8.40. The lowest BCUT2D eigenvalue weighted by molar-refractivity contribution is -0.123. The van der Waals surface area contributed by atoms with E-state index in [2.05, 4.69) is 17.5 Å². The fraction of sp³-hybridized carbons (Fsp3) is 0.227. The Labute approximate surface area is 177 Å². The summed E-state index contributed by atoms with van der Waals surface area (Å²) in [7, 11) is 0. The molecule has 3 aliphatic rings. The number of carbonyl (C=O) groups is 3. The van der Waals surface area contributed by atoms with Gasteiger partial charge in [0, 0.05) is 5.56 Å². The highest BCUT2D eigenvalue weighted by molar-refractivity contribution is 6.44. The number of carbonyl (C=O) groups excluding carboxylic acids is 3. The Kier molecular flexibility index (Phi) is 4.26. The first kappa shape index (κ1) is 18.4. The topological polar surface area (TPSA) is 66.5 Å². The number of nitrogens with zero attached hydrogens (tertiary/aromatic N) is 1. The van der Waals surface area contributed by atoms with Crippen LogP contribution in [-0.2, 0) is 9.59 Å². The number of rotatable bonds is 3. The van der Waals surface area contributed by atoms with Gasteiger partial charge in [-0.1, -0.05) is 41.4 Å². The molecule has 29 heavy (non-hydrogen) atoms. The van der Waals surface area contributed by atoms with Crippen molar-refractivity contribution in [1.29, 1.82) is 0 Å². The van der Waals surface area contributed by atoms with E-state index in [1.54, 1.807) is 42.5 Å². The largest absolute Gasteiger partial charge is 0.321 e. The van der Waals surface area contributed by atoms with Crippen molar-refractivity contribution in [3.63, 3.8) is 0 Å². The van der Waals surface area contributed by atoms with E-state index in [9.17, 15) is 14.4 Å². The molecule has 2 aromatic rings. The zero-order valence-corrected chi connectivity index (χ0v) is 16.7. The van der Waals surface area contributed by atoms with E-state index >= 15 is 0 Å². The molecule has 2 aliphatic carbocycles. The first-order chi connectivity index (χ1) is 14.0. The van der Waals surface area contributed by atoms with E-state index in [1.807, 2.05) is 0 Å². The molecule has 2 aromatic carbocycles. The Hall–Kier alpha value is -2.63. The highest BCUT2D eigenvalue weighted by atomic mass is 35.5. The molecular weight excluding hydrogens is 411 g/mol. The summed E-state index contributed by atoms with van der Waals surface area (Å²) >= 11 is 12.1. The number of nitrogens with one attached hydrogen (secondary N) is 1. The van der Waals surface area contributed by atoms with E-state index in [-0.39, 0.29) is 46.4 Å². The van der Waals surface area contributed by atoms with Crippen LogP contribution in [0.4, 0.5) is 11.4 Å². The van der Waals surface area contributed by atoms with Crippen LogP contribution in [0.5, 0.6) is 0 Å². The Bertz CT molecular complexity index is 1050. The standard InChI is InChI=1S/C22H16Cl2N2O3/c23-15-2-1-3-16(19(15)24)25-20(27)11-6-8-14(9-7-11)26-21(28)17-12-4-5-13(10-12)18(17)22(26)29/h1-9,12-13,17-18H,10H2,(H,25,27)/t12-,13-,17-,18-/m0/s1. The minimum Gasteiger partial charge on any atom is -0.321 e. The molecule has 1 saturated heterocycles. The molecule has 2 fully saturated rings. The summed E-state index contributed by atoms with van der Waals surface area (Å²) in [6.45, 7) is 0. The molecule has 1 saturated carbocycles. The van der Waals surface area contributed by atoms with E-state index < -0.39 is 0 Å². The van der Waals surface area contributed by atoms with Crippen molar-refractivity contribution in [3.8, 4) is 0 Å². The third-order valence-corrected chi connectivity index (χ3v) is 6.88. The lowest BCUT2D eigenvalue weighted by Gasteiger charge is -2.17. The van der Waals surface area contributed by atoms with E-state index in [4.69, 9.17) is 23.2 Å². The molecule has 5 nitrogen and oxygen atoms in total. The molecule has 146 valence electrons. The van der Waals surface area contributed by atoms with Gasteiger partial charge in [-0.15, -0.1) is 0 Å². The fourth-order valence-corrected chi connectivity index (χ4v) is 5.06. The van der Waals surface area contributed by atoms with E-state index in [1.165, 1.54) is 4.90 Å². The van der Waals surface area contributed by atoms with Crippen LogP contribution in [0.25, 0.3) is 0 Å². The van der Waals surface area contributed by atoms with Crippen LogP contribution in [0, 0.1) is 23.7 Å². The van der Waals surface area contributed by atoms with Gasteiger partial charge < -0.3 is 5.32 Å². The smallest absolute Gasteiger partial charge is 0.255 e. The lowest BCUT2D eigenvalue weighted by Crippen LogP contribution is -2.32. The van der Waals surface area contributed by atoms with Crippen molar-refractivity contribution in [2.45, 2.75) is 6.42 Å². The van der Waals surface area contributed by atoms with Crippen LogP contribution in [0.15, 0.2) is 54.6 Å². The van der Waals surface area contributed by atoms with Crippen LogP contribution in [0.3, 0.4) is 0 Å². The maximum Gasteiger partial charge on any atom is 0.255 e. The first-order valence-electron chi connectivity index (χ1n) is 9.37. The predicted octanol–water partition coefficient (Wildman–Crippen LogP) is 4.56. The Balaban J connectivity index is 1.36. The number of hydrogen-bond acceptors (Lipinski definition) is 3. The summed E-state index contributed by atoms with van der Waals surface area (Å²) in [6, 6.07) is 11.4. The molecule has 1 heterocycles. The SMILES string of the molecule is O=C(Nc1cccc(Cl)c1Cl)c1ccc(N2C(=O)[C@@H]3[C@@H](C2=O)[C@H]2C=C[C@H]3C2)cc1. The number of benzene rings is 2. The summed E-state index contributed by atoms with van der Waals surface area (Å²) in [6.07, 6.45) is 5.02. The minimum absolute atomic E-state index is 0.139. The molecule has 5 rings (SSSR count). The number of hydrogen-bond donors (Lipinski definition) is 1. The molecule has 0 spiro atoms. The summed E-state index contributed by atoms with van der Waals surface area (Å²) in [5.41, 5.74) is 1.28. The summed E-state index contributed by atoms with van der Waals surface area (Å²) in [5.74, 6) is -0.799. The van der Waals surface area contributed by atoms with Crippen molar-refractivity contribution < 1.29 is 14.4 Å². The Morgan fingerprint density at radius 1 is 0.931 bits per heavy atom. The first-order valence-corrected chi connectivity index (χ1v) is 10.1. The van der Waals surface area contributed by atoms with Gasteiger partial charge in [-0.05, 0) is 54.7 Å². The van der Waals surface area contributed by atoms with Gasteiger partial charge in [0.2, 0.25) is 11.8 Å². The van der Waals surface area contributed by atoms with Gasteiger partial charge >= 0.3 is 0 Å². The third-order valence-electron chi connectivity index (χ3n) is 6.06. The van der Waals surface area contributed by atoms with E-state index in [0.717, 1.165) is 6.42 Å². The molecule has 0 aromatic heterocycles. The van der Waals surface area contributed by atoms with Gasteiger partial charge in [0.15, 0.2) is 0 Å². The predicted molar refractivity (Wildman–Crippen MR) is 111 cm³/mol. The third kappa shape index (κ3) is 2.80. The average molecular weight is 427 g/mol. The summed E-state index contributed by atoms with van der Waals surface area (Å²) in [4.78, 5) is 39.6. The Morgan fingerprint density at radius 3 is 2.17 bits per heavy atom. The fourth-order valence-electron chi connectivity index (χ4n) is 4.71. The molecule has 4 atom stereocenters. The second-order valence-electron chi connectivity index (χ2n) is 7.61. The van der Waals surface area contributed by atoms with Crippen molar-refractivity contribution in [3.05, 3.63) is 70.2 Å². The number of imide groups is 1. The number of allylic oxidation sites excluding steroid dienone is 2. The Morgan fingerprint density at radius 2 is 1.55 bits per heavy atom. The van der Waals surface area contributed by atoms with Crippen LogP contribution in [0.1, 0.15) is 16.8 Å². The van der Waals surface area contributed by atoms with Gasteiger partial charge in [0.25, 0.3) is 5.91 Å². The van der Waals surface area contributed by atoms with Crippen LogP contribution >= 0.6 is 23.2 Å². The van der Waals surface area contributed by atoms with Gasteiger partial charge in [0.05, 0.1) is 33.3 Å². The van der Waals surface area contributed by atoms with Crippen molar-refractivity contribution in [1.82, 2.24) is 0 Å². The van der Waals surface area contributed by atoms with Gasteiger partial charge in [-0.25, -0.2) is 0 Å². The molecule has 1 aliphatic heterocycles. The van der Waals surface area contributed by atoms with Crippen LogP contribution in [-0.4, -0.2) is 17.7 Å². The zero-order valence-electron chi connectivity index (χ0n) is 15.1. The molecule has 0 radical (unpaired) electrons. The van der Waals surface area contributed by atoms with Gasteiger partial charge in [0.1, 0.15) is 0 Å². The second kappa shape index (κ2) is 6.71. The monoisotopic (exact) mass is 426 g/mol. The van der Waals surface area contributed by atoms with Crippen LogP contribution in [0.2, 0.25) is 10.0 Å². The van der Waals surface area contributed by atoms with Gasteiger partial charge in [-0.3, -0.25) is 19.3 Å². The zero-order chi connectivity index (χ0) is 20.3. The molecule has 7 heteroatoms. The molecule has 2 bridgehead atoms. The van der Waals surface area contributed by atoms with Crippen molar-refractivity contribution in [2.24, 2.45) is 23.7 Å². The molecular formula is C22H16Cl2N2O3. The lowest BCUT2D eigenvalue weighted by atomic mass is 9.85. The molecule has 0 unspecified atom stereocenters. The van der Waals surface area contributed by atoms with Crippen molar-refractivity contribution >= 4 is 52.3 Å². The van der Waals surface area contributed by atoms with E-state index in [0.29, 0.717) is 22.0 Å². The number of fused-ring (bicyclic) bond motifs is 5. The summed E-state index contributed by atoms with van der Waals surface area (Å²) in [5, 5.41) is 3.33. The number of halogens is 2. The normalized spacial score (nSPS) is 26.9. The summed E-state index contributed by atoms with van der Waals surface area (Å²) < 4.78 is 0. The van der Waals surface area contributed by atoms with Crippen LogP contribution < -0.4 is 10.2 Å². The average Bonchev–Trinajstić information content (AvgIpc) is 3.39. The van der Waals surface area contributed by atoms with Gasteiger partial charge in [-0.2, -0.15) is 0 Å². The molecule has 1 N–H and O–H groups in total. The minimum atomic E-state index is -0.362. The maximum atomic E-state index is 12.9. The highest BCUT2D eigenvalue weighted by Crippen LogP contribution is 2.53. The molecule has 3 amide bonds. The number of amides is 3. The highest BCUT2D eigenvalue weighted by Gasteiger charge is 2.59. The van der Waals surface area contributed by atoms with Crippen molar-refractivity contribution in [2.75, 3.05) is 10.2 Å².